The van der Waals surface area contributed by atoms with Crippen molar-refractivity contribution in [3.63, 3.8) is 0 Å². The van der Waals surface area contributed by atoms with Crippen LogP contribution < -0.4 is 10.1 Å². The average Bonchev–Trinajstić information content (AvgIpc) is 2.59. The van der Waals surface area contributed by atoms with Gasteiger partial charge in [-0.3, -0.25) is 9.59 Å². The van der Waals surface area contributed by atoms with Crippen molar-refractivity contribution in [2.45, 2.75) is 32.6 Å². The summed E-state index contributed by atoms with van der Waals surface area (Å²) in [5.74, 6) is 0.00619. The lowest BCUT2D eigenvalue weighted by molar-refractivity contribution is -0.137. The van der Waals surface area contributed by atoms with E-state index in [1.54, 1.807) is 12.1 Å². The number of benzene rings is 2. The van der Waals surface area contributed by atoms with Gasteiger partial charge in [-0.25, -0.2) is 0 Å². The summed E-state index contributed by atoms with van der Waals surface area (Å²) in [7, 11) is 0. The van der Waals surface area contributed by atoms with Gasteiger partial charge in [0.2, 0.25) is 0 Å². The minimum absolute atomic E-state index is 0.0671. The quantitative estimate of drug-likeness (QED) is 0.765. The Morgan fingerprint density at radius 2 is 1.84 bits per heavy atom. The van der Waals surface area contributed by atoms with Crippen LogP contribution in [0.1, 0.15) is 37.3 Å². The number of carboxylic acid groups (broad SMARTS) is 1. The molecule has 5 heteroatoms. The molecule has 0 fully saturated rings. The number of hydrogen-bond donors (Lipinski definition) is 2. The number of rotatable bonds is 8. The fourth-order valence-corrected chi connectivity index (χ4v) is 2.32. The Bertz CT molecular complexity index is 723. The van der Waals surface area contributed by atoms with Crippen LogP contribution in [0.15, 0.2) is 48.5 Å². The fraction of sp³-hybridized carbons (Fsp3) is 0.300. The molecule has 0 saturated carbocycles. The van der Waals surface area contributed by atoms with Crippen molar-refractivity contribution in [3.05, 3.63) is 59.7 Å². The van der Waals surface area contributed by atoms with Gasteiger partial charge < -0.3 is 15.2 Å². The highest BCUT2D eigenvalue weighted by Crippen LogP contribution is 2.20. The van der Waals surface area contributed by atoms with Gasteiger partial charge in [0.25, 0.3) is 5.91 Å². The van der Waals surface area contributed by atoms with Crippen molar-refractivity contribution < 1.29 is 19.4 Å². The summed E-state index contributed by atoms with van der Waals surface area (Å²) in [4.78, 5) is 22.6. The molecule has 2 N–H and O–H groups in total. The van der Waals surface area contributed by atoms with Crippen LogP contribution in [0.3, 0.4) is 0 Å². The second-order valence-corrected chi connectivity index (χ2v) is 6.15. The number of anilines is 1. The van der Waals surface area contributed by atoms with Crippen LogP contribution in [0.25, 0.3) is 0 Å². The van der Waals surface area contributed by atoms with Gasteiger partial charge >= 0.3 is 5.97 Å². The third kappa shape index (κ3) is 6.30. The van der Waals surface area contributed by atoms with Gasteiger partial charge in [-0.05, 0) is 47.7 Å². The number of carbonyl (C=O) groups excluding carboxylic acids is 1. The molecule has 0 heterocycles. The van der Waals surface area contributed by atoms with E-state index in [1.165, 1.54) is 0 Å². The van der Waals surface area contributed by atoms with Crippen LogP contribution in [-0.4, -0.2) is 23.6 Å². The summed E-state index contributed by atoms with van der Waals surface area (Å²) in [6.45, 7) is 4.14. The molecule has 0 aliphatic heterocycles. The minimum Gasteiger partial charge on any atom is -0.484 e. The third-order valence-corrected chi connectivity index (χ3v) is 3.76. The Morgan fingerprint density at radius 1 is 1.12 bits per heavy atom. The van der Waals surface area contributed by atoms with Crippen LogP contribution >= 0.6 is 0 Å². The van der Waals surface area contributed by atoms with E-state index in [9.17, 15) is 9.59 Å². The molecule has 132 valence electrons. The maximum atomic E-state index is 12.0. The molecule has 0 aliphatic rings. The van der Waals surface area contributed by atoms with E-state index in [4.69, 9.17) is 9.84 Å². The first-order chi connectivity index (χ1) is 11.9. The number of hydrogen-bond acceptors (Lipinski definition) is 3. The van der Waals surface area contributed by atoms with E-state index in [0.717, 1.165) is 11.1 Å². The summed E-state index contributed by atoms with van der Waals surface area (Å²) in [6.07, 6.45) is 0.563. The maximum absolute atomic E-state index is 12.0. The number of aryl methyl sites for hydroxylation is 1. The number of carbonyl (C=O) groups is 2. The summed E-state index contributed by atoms with van der Waals surface area (Å²) in [5.41, 5.74) is 2.74. The standard InChI is InChI=1S/C20H23NO4/c1-14(2)16-4-3-5-18(12-16)25-13-19(22)21-17-9-6-15(7-10-17)8-11-20(23)24/h3-7,9-10,12,14H,8,11,13H2,1-2H3,(H,21,22)(H,23,24). The van der Waals surface area contributed by atoms with Crippen LogP contribution in [0, 0.1) is 0 Å². The molecule has 25 heavy (non-hydrogen) atoms. The smallest absolute Gasteiger partial charge is 0.303 e. The zero-order valence-corrected chi connectivity index (χ0v) is 14.5. The topological polar surface area (TPSA) is 75.6 Å². The molecule has 5 nitrogen and oxygen atoms in total. The maximum Gasteiger partial charge on any atom is 0.303 e. The Balaban J connectivity index is 1.83. The third-order valence-electron chi connectivity index (χ3n) is 3.76. The number of nitrogens with one attached hydrogen (secondary N) is 1. The normalized spacial score (nSPS) is 10.5. The van der Waals surface area contributed by atoms with E-state index in [0.29, 0.717) is 23.8 Å². The first kappa shape index (κ1) is 18.5. The monoisotopic (exact) mass is 341 g/mol. The molecule has 0 unspecified atom stereocenters. The van der Waals surface area contributed by atoms with Gasteiger partial charge in [-0.2, -0.15) is 0 Å². The van der Waals surface area contributed by atoms with Gasteiger partial charge in [0.15, 0.2) is 6.61 Å². The van der Waals surface area contributed by atoms with Crippen LogP contribution in [0.2, 0.25) is 0 Å². The molecular weight excluding hydrogens is 318 g/mol. The van der Waals surface area contributed by atoms with Crippen molar-refractivity contribution in [1.29, 1.82) is 0 Å². The molecule has 0 spiro atoms. The SMILES string of the molecule is CC(C)c1cccc(OCC(=O)Nc2ccc(CCC(=O)O)cc2)c1. The Hall–Kier alpha value is -2.82. The highest BCUT2D eigenvalue weighted by molar-refractivity contribution is 5.91. The average molecular weight is 341 g/mol. The van der Waals surface area contributed by atoms with Gasteiger partial charge in [-0.15, -0.1) is 0 Å². The van der Waals surface area contributed by atoms with Crippen molar-refractivity contribution in [2.24, 2.45) is 0 Å². The summed E-state index contributed by atoms with van der Waals surface area (Å²) < 4.78 is 5.54. The van der Waals surface area contributed by atoms with E-state index < -0.39 is 5.97 Å². The van der Waals surface area contributed by atoms with Crippen molar-refractivity contribution >= 4 is 17.6 Å². The lowest BCUT2D eigenvalue weighted by atomic mass is 10.0. The lowest BCUT2D eigenvalue weighted by Crippen LogP contribution is -2.20. The highest BCUT2D eigenvalue weighted by atomic mass is 16.5. The highest BCUT2D eigenvalue weighted by Gasteiger charge is 2.06. The van der Waals surface area contributed by atoms with Crippen LogP contribution in [0.5, 0.6) is 5.75 Å². The molecule has 2 aromatic rings. The van der Waals surface area contributed by atoms with E-state index in [2.05, 4.69) is 19.2 Å². The zero-order chi connectivity index (χ0) is 18.2. The van der Waals surface area contributed by atoms with Crippen molar-refractivity contribution in [3.8, 4) is 5.75 Å². The van der Waals surface area contributed by atoms with Gasteiger partial charge in [-0.1, -0.05) is 38.1 Å². The molecule has 0 saturated heterocycles. The van der Waals surface area contributed by atoms with E-state index in [1.807, 2.05) is 36.4 Å². The first-order valence-corrected chi connectivity index (χ1v) is 8.27. The van der Waals surface area contributed by atoms with Crippen molar-refractivity contribution in [1.82, 2.24) is 0 Å². The van der Waals surface area contributed by atoms with Gasteiger partial charge in [0.1, 0.15) is 5.75 Å². The van der Waals surface area contributed by atoms with E-state index in [-0.39, 0.29) is 18.9 Å². The molecule has 0 aromatic heterocycles. The molecule has 1 amide bonds. The molecular formula is C20H23NO4. The molecule has 0 aliphatic carbocycles. The van der Waals surface area contributed by atoms with E-state index >= 15 is 0 Å². The second kappa shape index (κ2) is 8.87. The first-order valence-electron chi connectivity index (χ1n) is 8.27. The van der Waals surface area contributed by atoms with Crippen LogP contribution in [0.4, 0.5) is 5.69 Å². The predicted octanol–water partition coefficient (Wildman–Crippen LogP) is 3.84. The Kier molecular flexibility index (Phi) is 6.57. The number of ether oxygens (including phenoxy) is 1. The lowest BCUT2D eigenvalue weighted by Gasteiger charge is -2.10. The second-order valence-electron chi connectivity index (χ2n) is 6.15. The largest absolute Gasteiger partial charge is 0.484 e. The molecule has 2 rings (SSSR count). The van der Waals surface area contributed by atoms with Crippen molar-refractivity contribution in [2.75, 3.05) is 11.9 Å². The zero-order valence-electron chi connectivity index (χ0n) is 14.5. The predicted molar refractivity (Wildman–Crippen MR) is 97.1 cm³/mol. The Morgan fingerprint density at radius 3 is 2.48 bits per heavy atom. The number of carboxylic acids is 1. The summed E-state index contributed by atoms with van der Waals surface area (Å²) in [5, 5.41) is 11.4. The van der Waals surface area contributed by atoms with Gasteiger partial charge in [0, 0.05) is 12.1 Å². The molecule has 0 radical (unpaired) electrons. The molecule has 2 aromatic carbocycles. The summed E-state index contributed by atoms with van der Waals surface area (Å²) in [6, 6.07) is 14.9. The Labute approximate surface area is 147 Å². The summed E-state index contributed by atoms with van der Waals surface area (Å²) >= 11 is 0. The molecule has 0 bridgehead atoms. The minimum atomic E-state index is -0.823. The fourth-order valence-electron chi connectivity index (χ4n) is 2.32. The number of amides is 1. The van der Waals surface area contributed by atoms with Gasteiger partial charge in [0.05, 0.1) is 0 Å². The number of aliphatic carboxylic acids is 1. The molecule has 0 atom stereocenters. The van der Waals surface area contributed by atoms with Crippen LogP contribution in [-0.2, 0) is 16.0 Å².